The van der Waals surface area contributed by atoms with E-state index in [9.17, 15) is 0 Å². The number of hydrogen-bond donors (Lipinski definition) is 0. The van der Waals surface area contributed by atoms with E-state index in [1.165, 1.54) is 43.2 Å². The molecule has 0 heteroatoms. The minimum absolute atomic E-state index is 1.00. The van der Waals surface area contributed by atoms with E-state index >= 15 is 0 Å². The van der Waals surface area contributed by atoms with Crippen molar-refractivity contribution in [3.05, 3.63) is 106 Å². The van der Waals surface area contributed by atoms with Gasteiger partial charge in [-0.2, -0.15) is 0 Å². The summed E-state index contributed by atoms with van der Waals surface area (Å²) in [6.07, 6.45) is 6.38. The third-order valence-electron chi connectivity index (χ3n) is 4.91. The number of hydrogen-bond acceptors (Lipinski definition) is 0. The van der Waals surface area contributed by atoms with E-state index in [1.54, 1.807) is 0 Å². The summed E-state index contributed by atoms with van der Waals surface area (Å²) in [4.78, 5) is 0. The molecule has 0 aliphatic rings. The number of unbranched alkanes of at least 4 members (excludes halogenated alkanes) is 3. The van der Waals surface area contributed by atoms with Crippen LogP contribution in [0.4, 0.5) is 0 Å². The summed E-state index contributed by atoms with van der Waals surface area (Å²) in [6, 6.07) is 25.1. The maximum absolute atomic E-state index is 3.26. The Hall–Kier alpha value is -3.22. The molecular weight excluding hydrogens is 348 g/mol. The predicted octanol–water partition coefficient (Wildman–Crippen LogP) is 6.92. The Balaban J connectivity index is 1.58. The van der Waals surface area contributed by atoms with Crippen LogP contribution in [0.5, 0.6) is 0 Å². The highest BCUT2D eigenvalue weighted by Crippen LogP contribution is 2.10. The highest BCUT2D eigenvalue weighted by Gasteiger charge is 1.95. The van der Waals surface area contributed by atoms with Gasteiger partial charge in [0.25, 0.3) is 0 Å². The first kappa shape index (κ1) is 20.5. The topological polar surface area (TPSA) is 0 Å². The van der Waals surface area contributed by atoms with Crippen molar-refractivity contribution in [3.8, 4) is 23.7 Å². The molecule has 0 atom stereocenters. The summed E-state index contributed by atoms with van der Waals surface area (Å²) >= 11 is 0. The van der Waals surface area contributed by atoms with Gasteiger partial charge in [0.05, 0.1) is 0 Å². The van der Waals surface area contributed by atoms with Crippen LogP contribution in [0.2, 0.25) is 0 Å². The fourth-order valence-corrected chi connectivity index (χ4v) is 3.07. The summed E-state index contributed by atoms with van der Waals surface area (Å²) in [7, 11) is 0. The zero-order valence-electron chi connectivity index (χ0n) is 17.5. The van der Waals surface area contributed by atoms with Crippen molar-refractivity contribution in [2.24, 2.45) is 0 Å². The van der Waals surface area contributed by atoms with Crippen molar-refractivity contribution >= 4 is 0 Å². The van der Waals surface area contributed by atoms with Crippen molar-refractivity contribution in [1.82, 2.24) is 0 Å². The van der Waals surface area contributed by atoms with Gasteiger partial charge in [0, 0.05) is 22.3 Å². The molecule has 3 aromatic rings. The lowest BCUT2D eigenvalue weighted by molar-refractivity contribution is 0.667. The normalized spacial score (nSPS) is 9.86. The second-order valence-corrected chi connectivity index (χ2v) is 7.45. The van der Waals surface area contributed by atoms with Crippen molar-refractivity contribution in [2.75, 3.05) is 0 Å². The van der Waals surface area contributed by atoms with Crippen LogP contribution < -0.4 is 0 Å². The van der Waals surface area contributed by atoms with Crippen LogP contribution in [0.15, 0.2) is 72.8 Å². The molecule has 0 radical (unpaired) electrons. The van der Waals surface area contributed by atoms with Crippen LogP contribution in [0.1, 0.15) is 66.0 Å². The summed E-state index contributed by atoms with van der Waals surface area (Å²) in [5, 5.41) is 0. The van der Waals surface area contributed by atoms with Gasteiger partial charge in [-0.15, -0.1) is 0 Å². The molecule has 0 aromatic heterocycles. The first-order valence-corrected chi connectivity index (χ1v) is 10.5. The third kappa shape index (κ3) is 7.03. The van der Waals surface area contributed by atoms with Crippen LogP contribution in [0.25, 0.3) is 0 Å². The van der Waals surface area contributed by atoms with Gasteiger partial charge in [-0.25, -0.2) is 0 Å². The minimum Gasteiger partial charge on any atom is -0.0654 e. The highest BCUT2D eigenvalue weighted by atomic mass is 14.0. The van der Waals surface area contributed by atoms with Crippen molar-refractivity contribution in [3.63, 3.8) is 0 Å². The number of benzene rings is 3. The lowest BCUT2D eigenvalue weighted by atomic mass is 10.0. The standard InChI is InChI=1S/C29H28/c1-3-4-5-6-7-25-12-14-27(15-13-25)18-19-29-22-20-28(21-23-29)17-16-26-10-8-24(2)9-11-26/h8-15,20-23H,3-7H2,1-2H3. The van der Waals surface area contributed by atoms with Crippen LogP contribution >= 0.6 is 0 Å². The highest BCUT2D eigenvalue weighted by molar-refractivity contribution is 5.48. The molecule has 0 heterocycles. The molecule has 3 aromatic carbocycles. The van der Waals surface area contributed by atoms with Crippen molar-refractivity contribution in [1.29, 1.82) is 0 Å². The van der Waals surface area contributed by atoms with E-state index in [4.69, 9.17) is 0 Å². The molecule has 29 heavy (non-hydrogen) atoms. The quantitative estimate of drug-likeness (QED) is 0.335. The Morgan fingerprint density at radius 2 is 0.931 bits per heavy atom. The van der Waals surface area contributed by atoms with Crippen LogP contribution in [-0.2, 0) is 6.42 Å². The fraction of sp³-hybridized carbons (Fsp3) is 0.241. The first-order chi connectivity index (χ1) is 14.2. The van der Waals surface area contributed by atoms with E-state index in [0.29, 0.717) is 0 Å². The van der Waals surface area contributed by atoms with Gasteiger partial charge in [0.15, 0.2) is 0 Å². The van der Waals surface area contributed by atoms with Crippen LogP contribution in [0, 0.1) is 30.6 Å². The molecule has 0 spiro atoms. The third-order valence-corrected chi connectivity index (χ3v) is 4.91. The van der Waals surface area contributed by atoms with E-state index < -0.39 is 0 Å². The van der Waals surface area contributed by atoms with Crippen LogP contribution in [-0.4, -0.2) is 0 Å². The van der Waals surface area contributed by atoms with Gasteiger partial charge in [0.2, 0.25) is 0 Å². The van der Waals surface area contributed by atoms with Crippen molar-refractivity contribution < 1.29 is 0 Å². The smallest absolute Gasteiger partial charge is 0.0249 e. The van der Waals surface area contributed by atoms with Gasteiger partial charge in [-0.05, 0) is 73.9 Å². The Bertz CT molecular complexity index is 1010. The molecule has 0 unspecified atom stereocenters. The number of rotatable bonds is 5. The SMILES string of the molecule is CCCCCCc1ccc(C#Cc2ccc(C#Cc3ccc(C)cc3)cc2)cc1. The van der Waals surface area contributed by atoms with Crippen LogP contribution in [0.3, 0.4) is 0 Å². The van der Waals surface area contributed by atoms with Gasteiger partial charge < -0.3 is 0 Å². The molecule has 0 saturated heterocycles. The monoisotopic (exact) mass is 376 g/mol. The maximum Gasteiger partial charge on any atom is 0.0249 e. The molecule has 0 aliphatic carbocycles. The van der Waals surface area contributed by atoms with Crippen molar-refractivity contribution in [2.45, 2.75) is 46.0 Å². The summed E-state index contributed by atoms with van der Waals surface area (Å²) in [6.45, 7) is 4.33. The predicted molar refractivity (Wildman–Crippen MR) is 124 cm³/mol. The lowest BCUT2D eigenvalue weighted by Gasteiger charge is -2.01. The zero-order valence-corrected chi connectivity index (χ0v) is 17.5. The summed E-state index contributed by atoms with van der Waals surface area (Å²) in [5.74, 6) is 12.9. The zero-order chi connectivity index (χ0) is 20.3. The van der Waals surface area contributed by atoms with Gasteiger partial charge in [-0.3, -0.25) is 0 Å². The van der Waals surface area contributed by atoms with E-state index in [2.05, 4.69) is 86.1 Å². The molecule has 144 valence electrons. The molecule has 0 nitrogen and oxygen atoms in total. The lowest BCUT2D eigenvalue weighted by Crippen LogP contribution is -1.86. The minimum atomic E-state index is 1.00. The van der Waals surface area contributed by atoms with Gasteiger partial charge >= 0.3 is 0 Å². The summed E-state index contributed by atoms with van der Waals surface area (Å²) < 4.78 is 0. The molecule has 0 amide bonds. The molecule has 0 bridgehead atoms. The molecule has 0 N–H and O–H groups in total. The second kappa shape index (κ2) is 10.9. The Morgan fingerprint density at radius 1 is 0.517 bits per heavy atom. The Labute approximate surface area is 176 Å². The maximum atomic E-state index is 3.26. The molecule has 0 aliphatic heterocycles. The molecular formula is C29H28. The van der Waals surface area contributed by atoms with E-state index in [0.717, 1.165) is 22.3 Å². The Morgan fingerprint density at radius 3 is 1.38 bits per heavy atom. The summed E-state index contributed by atoms with van der Waals surface area (Å²) in [5.41, 5.74) is 6.76. The first-order valence-electron chi connectivity index (χ1n) is 10.5. The second-order valence-electron chi connectivity index (χ2n) is 7.45. The number of aryl methyl sites for hydroxylation is 2. The van der Waals surface area contributed by atoms with Gasteiger partial charge in [-0.1, -0.05) is 79.7 Å². The average Bonchev–Trinajstić information content (AvgIpc) is 2.76. The van der Waals surface area contributed by atoms with Gasteiger partial charge in [0.1, 0.15) is 0 Å². The average molecular weight is 377 g/mol. The Kier molecular flexibility index (Phi) is 7.74. The largest absolute Gasteiger partial charge is 0.0654 e. The molecule has 0 fully saturated rings. The van der Waals surface area contributed by atoms with E-state index in [1.807, 2.05) is 24.3 Å². The fourth-order valence-electron chi connectivity index (χ4n) is 3.07. The molecule has 3 rings (SSSR count). The molecule has 0 saturated carbocycles. The van der Waals surface area contributed by atoms with E-state index in [-0.39, 0.29) is 0 Å².